The minimum Gasteiger partial charge on any atom is -0.414 e. The SMILES string of the molecule is Cc1ccc(S(=O)(=O)OC[C@H](C)C2CCC3[C@H](O[Si](C)(C)C(C)(C)C)CCC[C@@]23C)cc1. The maximum absolute atomic E-state index is 12.7. The fourth-order valence-corrected chi connectivity index (χ4v) is 8.27. The van der Waals surface area contributed by atoms with Gasteiger partial charge in [0.05, 0.1) is 11.5 Å². The molecule has 2 fully saturated rings. The van der Waals surface area contributed by atoms with Crippen LogP contribution in [-0.4, -0.2) is 29.4 Å². The van der Waals surface area contributed by atoms with Crippen molar-refractivity contribution in [3.8, 4) is 0 Å². The maximum Gasteiger partial charge on any atom is 0.296 e. The van der Waals surface area contributed by atoms with Gasteiger partial charge in [-0.05, 0) is 86.0 Å². The van der Waals surface area contributed by atoms with Gasteiger partial charge in [0, 0.05) is 6.10 Å². The first kappa shape index (κ1) is 25.9. The molecule has 1 aromatic carbocycles. The average Bonchev–Trinajstić information content (AvgIpc) is 3.03. The highest BCUT2D eigenvalue weighted by atomic mass is 32.2. The molecule has 6 heteroatoms. The van der Waals surface area contributed by atoms with Crippen molar-refractivity contribution in [2.24, 2.45) is 23.2 Å². The smallest absolute Gasteiger partial charge is 0.296 e. The summed E-state index contributed by atoms with van der Waals surface area (Å²) in [6.07, 6.45) is 6.20. The molecule has 2 aliphatic carbocycles. The van der Waals surface area contributed by atoms with E-state index in [1.54, 1.807) is 12.1 Å². The average molecular weight is 481 g/mol. The first-order valence-electron chi connectivity index (χ1n) is 12.3. The molecule has 0 spiro atoms. The molecule has 5 atom stereocenters. The molecule has 0 saturated heterocycles. The Morgan fingerprint density at radius 3 is 2.34 bits per heavy atom. The van der Waals surface area contributed by atoms with Gasteiger partial charge in [0.2, 0.25) is 0 Å². The molecule has 3 rings (SSSR count). The zero-order chi connectivity index (χ0) is 23.9. The van der Waals surface area contributed by atoms with E-state index in [1.165, 1.54) is 19.3 Å². The van der Waals surface area contributed by atoms with Crippen LogP contribution in [0.5, 0.6) is 0 Å². The third-order valence-corrected chi connectivity index (χ3v) is 14.7. The Kier molecular flexibility index (Phi) is 7.42. The molecular formula is C26H44O4SSi. The van der Waals surface area contributed by atoms with Crippen molar-refractivity contribution in [3.63, 3.8) is 0 Å². The Hall–Kier alpha value is -0.693. The van der Waals surface area contributed by atoms with Crippen LogP contribution in [0.4, 0.5) is 0 Å². The van der Waals surface area contributed by atoms with Gasteiger partial charge in [-0.2, -0.15) is 8.42 Å². The van der Waals surface area contributed by atoms with E-state index >= 15 is 0 Å². The Morgan fingerprint density at radius 1 is 1.12 bits per heavy atom. The largest absolute Gasteiger partial charge is 0.414 e. The number of benzene rings is 1. The zero-order valence-electron chi connectivity index (χ0n) is 21.4. The van der Waals surface area contributed by atoms with Gasteiger partial charge in [0.15, 0.2) is 8.32 Å². The monoisotopic (exact) mass is 480 g/mol. The summed E-state index contributed by atoms with van der Waals surface area (Å²) in [5, 5.41) is 0.213. The van der Waals surface area contributed by atoms with Crippen molar-refractivity contribution in [1.29, 1.82) is 0 Å². The molecule has 2 aliphatic rings. The van der Waals surface area contributed by atoms with Crippen LogP contribution in [0.25, 0.3) is 0 Å². The highest BCUT2D eigenvalue weighted by molar-refractivity contribution is 7.86. The molecule has 2 unspecified atom stereocenters. The Balaban J connectivity index is 1.68. The highest BCUT2D eigenvalue weighted by Gasteiger charge is 2.54. The molecule has 0 amide bonds. The van der Waals surface area contributed by atoms with E-state index in [0.29, 0.717) is 17.9 Å². The highest BCUT2D eigenvalue weighted by Crippen LogP contribution is 2.59. The number of hydrogen-bond acceptors (Lipinski definition) is 4. The lowest BCUT2D eigenvalue weighted by atomic mass is 9.62. The van der Waals surface area contributed by atoms with Crippen molar-refractivity contribution in [2.45, 2.75) is 103 Å². The summed E-state index contributed by atoms with van der Waals surface area (Å²) in [6.45, 7) is 18.4. The molecule has 32 heavy (non-hydrogen) atoms. The summed E-state index contributed by atoms with van der Waals surface area (Å²) < 4.78 is 37.9. The van der Waals surface area contributed by atoms with Crippen LogP contribution < -0.4 is 0 Å². The predicted molar refractivity (Wildman–Crippen MR) is 134 cm³/mol. The van der Waals surface area contributed by atoms with Crippen LogP contribution in [0.1, 0.15) is 72.3 Å². The van der Waals surface area contributed by atoms with Crippen molar-refractivity contribution in [2.75, 3.05) is 6.61 Å². The van der Waals surface area contributed by atoms with E-state index in [-0.39, 0.29) is 27.9 Å². The molecule has 0 aromatic heterocycles. The molecule has 182 valence electrons. The first-order chi connectivity index (χ1) is 14.7. The lowest BCUT2D eigenvalue weighted by Gasteiger charge is -2.49. The Morgan fingerprint density at radius 2 is 1.75 bits per heavy atom. The standard InChI is InChI=1S/C26H44O4SSi/c1-19-11-13-21(14-12-19)31(27,28)29-18-20(2)22-15-16-23-24(10-9-17-26(22,23)6)30-32(7,8)25(3,4)5/h11-14,20,22-24H,9-10,15-18H2,1-8H3/t20-,22?,23?,24+,26-/m0/s1. The van der Waals surface area contributed by atoms with Crippen LogP contribution in [0.3, 0.4) is 0 Å². The molecule has 0 radical (unpaired) electrons. The maximum atomic E-state index is 12.7. The molecule has 0 aliphatic heterocycles. The molecule has 1 aromatic rings. The van der Waals surface area contributed by atoms with Gasteiger partial charge >= 0.3 is 0 Å². The van der Waals surface area contributed by atoms with Crippen LogP contribution in [-0.2, 0) is 18.7 Å². The third-order valence-electron chi connectivity index (χ3n) is 8.87. The second-order valence-corrected chi connectivity index (χ2v) is 18.5. The van der Waals surface area contributed by atoms with E-state index in [2.05, 4.69) is 47.7 Å². The third kappa shape index (κ3) is 5.18. The summed E-state index contributed by atoms with van der Waals surface area (Å²) in [6, 6.07) is 6.89. The second kappa shape index (κ2) is 9.16. The lowest BCUT2D eigenvalue weighted by molar-refractivity contribution is -0.0245. The van der Waals surface area contributed by atoms with Crippen molar-refractivity contribution in [3.05, 3.63) is 29.8 Å². The number of aryl methyl sites for hydroxylation is 1. The van der Waals surface area contributed by atoms with Crippen molar-refractivity contribution < 1.29 is 17.0 Å². The Labute approximate surface area is 197 Å². The van der Waals surface area contributed by atoms with Crippen LogP contribution in [0, 0.1) is 30.1 Å². The number of rotatable bonds is 7. The van der Waals surface area contributed by atoms with Gasteiger partial charge < -0.3 is 4.43 Å². The van der Waals surface area contributed by atoms with E-state index in [9.17, 15) is 8.42 Å². The lowest BCUT2D eigenvalue weighted by Crippen LogP contribution is -2.50. The van der Waals surface area contributed by atoms with Crippen molar-refractivity contribution >= 4 is 18.4 Å². The van der Waals surface area contributed by atoms with E-state index < -0.39 is 18.4 Å². The molecule has 0 N–H and O–H groups in total. The van der Waals surface area contributed by atoms with Gasteiger partial charge in [-0.1, -0.05) is 58.7 Å². The summed E-state index contributed by atoms with van der Waals surface area (Å²) >= 11 is 0. The van der Waals surface area contributed by atoms with E-state index in [0.717, 1.165) is 18.4 Å². The van der Waals surface area contributed by atoms with Gasteiger partial charge in [-0.3, -0.25) is 4.18 Å². The summed E-state index contributed by atoms with van der Waals surface area (Å²) in [4.78, 5) is 0.242. The van der Waals surface area contributed by atoms with Gasteiger partial charge in [-0.15, -0.1) is 0 Å². The summed E-state index contributed by atoms with van der Waals surface area (Å²) in [7, 11) is -5.54. The fourth-order valence-electron chi connectivity index (χ4n) is 5.88. The minimum absolute atomic E-state index is 0.192. The Bertz CT molecular complexity index is 887. The number of fused-ring (bicyclic) bond motifs is 1. The molecule has 0 heterocycles. The molecule has 2 saturated carbocycles. The number of hydrogen-bond donors (Lipinski definition) is 0. The normalized spacial score (nSPS) is 30.2. The zero-order valence-corrected chi connectivity index (χ0v) is 23.2. The quantitative estimate of drug-likeness (QED) is 0.313. The van der Waals surface area contributed by atoms with Gasteiger partial charge in [-0.25, -0.2) is 0 Å². The minimum atomic E-state index is -3.72. The van der Waals surface area contributed by atoms with Gasteiger partial charge in [0.25, 0.3) is 10.1 Å². The second-order valence-electron chi connectivity index (χ2n) is 12.1. The van der Waals surface area contributed by atoms with E-state index in [4.69, 9.17) is 8.61 Å². The van der Waals surface area contributed by atoms with E-state index in [1.807, 2.05) is 19.1 Å². The molecular weight excluding hydrogens is 436 g/mol. The van der Waals surface area contributed by atoms with Crippen LogP contribution in [0.15, 0.2) is 29.2 Å². The topological polar surface area (TPSA) is 52.6 Å². The van der Waals surface area contributed by atoms with Gasteiger partial charge in [0.1, 0.15) is 0 Å². The predicted octanol–water partition coefficient (Wildman–Crippen LogP) is 6.94. The summed E-state index contributed by atoms with van der Waals surface area (Å²) in [5.74, 6) is 1.22. The first-order valence-corrected chi connectivity index (χ1v) is 16.6. The fraction of sp³-hybridized carbons (Fsp3) is 0.769. The summed E-state index contributed by atoms with van der Waals surface area (Å²) in [5.41, 5.74) is 1.23. The van der Waals surface area contributed by atoms with Crippen LogP contribution >= 0.6 is 0 Å². The van der Waals surface area contributed by atoms with Crippen LogP contribution in [0.2, 0.25) is 18.1 Å². The molecule has 0 bridgehead atoms. The molecule has 4 nitrogen and oxygen atoms in total. The van der Waals surface area contributed by atoms with Crippen molar-refractivity contribution in [1.82, 2.24) is 0 Å².